The zero-order chi connectivity index (χ0) is 73.7. The van der Waals surface area contributed by atoms with Gasteiger partial charge in [-0.25, -0.2) is 29.9 Å². The molecule has 22 rings (SSSR count). The molecule has 15 aromatic carbocycles. The van der Waals surface area contributed by atoms with Gasteiger partial charge in [-0.05, 0) is 170 Å². The number of hydrogen-bond acceptors (Lipinski definition) is 10. The van der Waals surface area contributed by atoms with Crippen LogP contribution in [-0.4, -0.2) is 29.9 Å². The number of nitrogens with zero attached hydrogens (tertiary/aromatic N) is 6. The lowest BCUT2D eigenvalue weighted by atomic mass is 9.93. The third kappa shape index (κ3) is 11.9. The van der Waals surface area contributed by atoms with Gasteiger partial charge in [0.1, 0.15) is 0 Å². The molecule has 0 bridgehead atoms. The summed E-state index contributed by atoms with van der Waals surface area (Å²) in [5, 5.41) is 9.99. The molecule has 0 amide bonds. The molecule has 0 fully saturated rings. The number of rotatable bonds is 13. The molecule has 0 N–H and O–H groups in total. The molecule has 0 saturated carbocycles. The zero-order valence-corrected chi connectivity index (χ0v) is 63.5. The average Bonchev–Trinajstić information content (AvgIpc) is 1.59. The van der Waals surface area contributed by atoms with Crippen molar-refractivity contribution in [2.24, 2.45) is 0 Å². The van der Waals surface area contributed by atoms with Gasteiger partial charge in [-0.15, -0.1) is 45.3 Å². The van der Waals surface area contributed by atoms with Crippen molar-refractivity contribution in [2.45, 2.75) is 12.8 Å². The van der Waals surface area contributed by atoms with E-state index in [0.717, 1.165) is 79.9 Å². The molecule has 6 aromatic heterocycles. The summed E-state index contributed by atoms with van der Waals surface area (Å²) in [6.07, 6.45) is 6.18. The summed E-state index contributed by atoms with van der Waals surface area (Å²) in [7, 11) is 0. The molecule has 0 unspecified atom stereocenters. The summed E-state index contributed by atoms with van der Waals surface area (Å²) in [4.78, 5) is 31.5. The van der Waals surface area contributed by atoms with Gasteiger partial charge in [0.15, 0.2) is 34.9 Å². The summed E-state index contributed by atoms with van der Waals surface area (Å²) in [5.74, 6) is 3.89. The standard InChI is InChI=1S/C102H62N6S4/c1-5-18-61(19-6-1)63-34-40-69(41-35-63)98-103-97(68-24-11-4-12-25-68)104-101(106-98)75-44-48-81-86-54-73(47-51-91(86)110-92(81)58-75)78-55-83(95-82-29-14-16-31-89(82)111-94(95)60-78)67-38-32-65(33-39-67)71-26-17-27-74(52-71)100-105-99(70-42-36-64(37-43-70)62-20-7-2-8-21-62)107-102(108-100)76-45-49-80-85-53-72(46-50-90(85)109-93(80)59-76)77-56-84(66-22-9-3-10-23-66)96-87(57-77)79-28-13-15-30-88(79)112-96/h1-34,36-40,42-60H,35,41H2. The van der Waals surface area contributed by atoms with Gasteiger partial charge in [0.2, 0.25) is 0 Å². The molecule has 6 heterocycles. The fraction of sp³-hybridized carbons (Fsp3) is 0.0196. The molecule has 1 aliphatic rings. The van der Waals surface area contributed by atoms with Crippen molar-refractivity contribution in [3.63, 3.8) is 0 Å². The Morgan fingerprint density at radius 3 is 1.14 bits per heavy atom. The van der Waals surface area contributed by atoms with E-state index in [0.29, 0.717) is 29.1 Å². The van der Waals surface area contributed by atoms with Crippen LogP contribution in [0.1, 0.15) is 24.2 Å². The highest BCUT2D eigenvalue weighted by Gasteiger charge is 2.23. The monoisotopic (exact) mass is 1500 g/mol. The minimum Gasteiger partial charge on any atom is -0.209 e. The fourth-order valence-electron chi connectivity index (χ4n) is 16.2. The Hall–Kier alpha value is -13.3. The fourth-order valence-corrected chi connectivity index (χ4v) is 20.9. The van der Waals surface area contributed by atoms with E-state index in [2.05, 4.69) is 334 Å². The van der Waals surface area contributed by atoms with Crippen molar-refractivity contribution in [3.8, 4) is 124 Å². The first-order valence-electron chi connectivity index (χ1n) is 37.7. The Balaban J connectivity index is 0.593. The van der Waals surface area contributed by atoms with Crippen LogP contribution in [0.3, 0.4) is 0 Å². The Bertz CT molecular complexity index is 7400. The Morgan fingerprint density at radius 2 is 0.536 bits per heavy atom. The Labute approximate surface area is 661 Å². The van der Waals surface area contributed by atoms with Crippen molar-refractivity contribution in [3.05, 3.63) is 363 Å². The van der Waals surface area contributed by atoms with Crippen LogP contribution >= 0.6 is 45.3 Å². The number of thiophene rings is 4. The van der Waals surface area contributed by atoms with Crippen molar-refractivity contribution in [2.75, 3.05) is 0 Å². The van der Waals surface area contributed by atoms with Crippen molar-refractivity contribution >= 4 is 137 Å². The Kier molecular flexibility index (Phi) is 16.1. The van der Waals surface area contributed by atoms with Crippen LogP contribution in [0.2, 0.25) is 0 Å². The van der Waals surface area contributed by atoms with Gasteiger partial charge < -0.3 is 0 Å². The second-order valence-corrected chi connectivity index (χ2v) is 33.0. The third-order valence-electron chi connectivity index (χ3n) is 22.0. The first-order chi connectivity index (χ1) is 55.4. The first kappa shape index (κ1) is 65.7. The smallest absolute Gasteiger partial charge is 0.164 e. The number of aromatic nitrogens is 6. The van der Waals surface area contributed by atoms with Gasteiger partial charge >= 0.3 is 0 Å². The van der Waals surface area contributed by atoms with E-state index < -0.39 is 0 Å². The molecule has 0 atom stereocenters. The van der Waals surface area contributed by atoms with Crippen LogP contribution < -0.4 is 0 Å². The molecule has 112 heavy (non-hydrogen) atoms. The summed E-state index contributed by atoms with van der Waals surface area (Å²) in [5.41, 5.74) is 22.4. The van der Waals surface area contributed by atoms with Crippen LogP contribution in [-0.2, 0) is 0 Å². The molecule has 6 nitrogen and oxygen atoms in total. The highest BCUT2D eigenvalue weighted by atomic mass is 32.1. The molecule has 0 saturated heterocycles. The van der Waals surface area contributed by atoms with E-state index in [1.54, 1.807) is 0 Å². The third-order valence-corrected chi connectivity index (χ3v) is 26.6. The van der Waals surface area contributed by atoms with Gasteiger partial charge in [0.25, 0.3) is 0 Å². The molecule has 524 valence electrons. The summed E-state index contributed by atoms with van der Waals surface area (Å²) in [6.45, 7) is 0. The second kappa shape index (κ2) is 27.4. The van der Waals surface area contributed by atoms with Gasteiger partial charge in [-0.3, -0.25) is 0 Å². The molecule has 0 radical (unpaired) electrons. The Morgan fingerprint density at radius 1 is 0.179 bits per heavy atom. The van der Waals surface area contributed by atoms with E-state index >= 15 is 0 Å². The summed E-state index contributed by atoms with van der Waals surface area (Å²) < 4.78 is 9.96. The molecule has 1 aliphatic carbocycles. The molecule has 0 spiro atoms. The van der Waals surface area contributed by atoms with Gasteiger partial charge in [-0.2, -0.15) is 0 Å². The first-order valence-corrected chi connectivity index (χ1v) is 41.0. The number of hydrogen-bond donors (Lipinski definition) is 0. The van der Waals surface area contributed by atoms with Gasteiger partial charge in [0.05, 0.1) is 0 Å². The largest absolute Gasteiger partial charge is 0.209 e. The molecule has 0 aliphatic heterocycles. The van der Waals surface area contributed by atoms with Crippen LogP contribution in [0.25, 0.3) is 216 Å². The van der Waals surface area contributed by atoms with Crippen molar-refractivity contribution < 1.29 is 0 Å². The van der Waals surface area contributed by atoms with Crippen LogP contribution in [0.5, 0.6) is 0 Å². The predicted molar refractivity (Wildman–Crippen MR) is 476 cm³/mol. The second-order valence-electron chi connectivity index (χ2n) is 28.7. The maximum absolute atomic E-state index is 5.38. The normalized spacial score (nSPS) is 12.5. The van der Waals surface area contributed by atoms with Crippen LogP contribution in [0.15, 0.2) is 352 Å². The maximum atomic E-state index is 5.38. The number of benzene rings is 15. The lowest BCUT2D eigenvalue weighted by molar-refractivity contribution is 0.985. The van der Waals surface area contributed by atoms with Crippen LogP contribution in [0, 0.1) is 0 Å². The predicted octanol–water partition coefficient (Wildman–Crippen LogP) is 29.1. The highest BCUT2D eigenvalue weighted by molar-refractivity contribution is 7.27. The van der Waals surface area contributed by atoms with Crippen molar-refractivity contribution in [1.82, 2.24) is 29.9 Å². The van der Waals surface area contributed by atoms with Crippen LogP contribution in [0.4, 0.5) is 0 Å². The summed E-state index contributed by atoms with van der Waals surface area (Å²) in [6, 6.07) is 123. The van der Waals surface area contributed by atoms with E-state index in [1.165, 1.54) is 131 Å². The SMILES string of the molecule is C1=C(c2ccccc2)CCC(c2nc(-c3ccccc3)nc(-c3ccc4c(c3)sc3ccc(-c5cc(-c6ccc(-c7cccc(-c8nc(-c9ccc(-c%10ccccc%10)cc9)nc(-c9ccc%10c(c9)sc9ccc(-c%11cc(-c%12ccccc%12)c%12sc%13ccccc%13c%12c%11)cc9%10)n8)c7)cc6)c6c(c5)sc5ccccc56)cc34)n2)=C1. The quantitative estimate of drug-likeness (QED) is 0.114. The van der Waals surface area contributed by atoms with Gasteiger partial charge in [-0.1, -0.05) is 273 Å². The summed E-state index contributed by atoms with van der Waals surface area (Å²) >= 11 is 7.35. The minimum atomic E-state index is 0.605. The zero-order valence-electron chi connectivity index (χ0n) is 60.2. The van der Waals surface area contributed by atoms with E-state index in [9.17, 15) is 0 Å². The topological polar surface area (TPSA) is 77.3 Å². The molecule has 21 aromatic rings. The van der Waals surface area contributed by atoms with E-state index in [-0.39, 0.29) is 0 Å². The lowest BCUT2D eigenvalue weighted by Crippen LogP contribution is -2.04. The molecular weight excluding hydrogens is 1440 g/mol. The molecular formula is C102H62N6S4. The number of fused-ring (bicyclic) bond motifs is 12. The van der Waals surface area contributed by atoms with E-state index in [1.807, 2.05) is 63.5 Å². The number of allylic oxidation sites excluding steroid dienone is 4. The van der Waals surface area contributed by atoms with Crippen molar-refractivity contribution in [1.29, 1.82) is 0 Å². The maximum Gasteiger partial charge on any atom is 0.164 e. The molecule has 10 heteroatoms. The van der Waals surface area contributed by atoms with Gasteiger partial charge in [0, 0.05) is 114 Å². The highest BCUT2D eigenvalue weighted by Crippen LogP contribution is 2.48. The van der Waals surface area contributed by atoms with E-state index in [4.69, 9.17) is 29.9 Å². The average molecular weight is 1500 g/mol. The minimum absolute atomic E-state index is 0.605. The lowest BCUT2D eigenvalue weighted by Gasteiger charge is -2.15.